The number of aliphatic hydroxyl groups excluding tert-OH is 1. The maximum Gasteiger partial charge on any atom is 0.161 e. The molecule has 0 aromatic rings. The SMILES string of the molecule is C.C.C.C.CC[C@]12CC[C@@](C)(O)C[C@@H]1CC[C@H]1[C@@H]3CC[C@H](C(=O)CBr)[C@@]3(C)CC[C@@H]12.CC[C@]12CC[C@@](C)(O)C[C@@H]1CC[C@H]1[C@@H]3CC[C@H](C(=O)CO)[C@@]3(C)CC[C@@H]12.CC[C@]12CC[C@@](C)(O)C[C@@H]1CC[C@H]1[C@@H]3CC[C@H](C(C)=O)[C@@]3(C)CC[C@@H]12. The predicted molar refractivity (Wildman–Crippen MR) is 340 cm³/mol. The van der Waals surface area contributed by atoms with Gasteiger partial charge in [0.25, 0.3) is 0 Å². The summed E-state index contributed by atoms with van der Waals surface area (Å²) in [7, 11) is 0. The van der Waals surface area contributed by atoms with E-state index in [-0.39, 0.29) is 70.2 Å². The van der Waals surface area contributed by atoms with Crippen molar-refractivity contribution in [3.05, 3.63) is 0 Å². The second-order valence-electron chi connectivity index (χ2n) is 32.2. The minimum Gasteiger partial charge on any atom is -0.390 e. The van der Waals surface area contributed by atoms with Crippen LogP contribution in [0.25, 0.3) is 0 Å². The van der Waals surface area contributed by atoms with Crippen LogP contribution in [0.2, 0.25) is 0 Å². The third kappa shape index (κ3) is 11.4. The standard InChI is InChI=1S/C23H37BrO2.C23H38O3.C23H38O2.4CH4/c2*1-4-23-12-11-21(2,26)13-15(23)5-6-16-17-7-8-19(20(25)14-24)22(17,3)10-9-18(16)23;1-5-23-13-12-21(3,25)14-16(23)6-7-17-19-9-8-18(15(2)24)22(19,4)11-10-20(17)23;;;;/h15-19,26H,4-14H2,1-3H3;15-19,24,26H,4-14H2,1-3H3;16-20,25H,5-14H2,1-4H3;4*1H4/t2*15-,16-,17-,18-,19+,21+,22-,23-;16-,17-,18+,19-,20-,21+,22+,23-;;;;/m000..../s1. The van der Waals surface area contributed by atoms with E-state index in [2.05, 4.69) is 71.3 Å². The third-order valence-electron chi connectivity index (χ3n) is 29.5. The first kappa shape index (κ1) is 69.4. The van der Waals surface area contributed by atoms with Crippen LogP contribution in [-0.4, -0.2) is 66.5 Å². The summed E-state index contributed by atoms with van der Waals surface area (Å²) in [5.74, 6) is 10.8. The Balaban J connectivity index is 0.000000191. The van der Waals surface area contributed by atoms with Crippen LogP contribution in [-0.2, 0) is 14.4 Å². The molecule has 0 unspecified atom stereocenters. The van der Waals surface area contributed by atoms with Gasteiger partial charge in [-0.2, -0.15) is 0 Å². The number of fused-ring (bicyclic) bond motifs is 15. The van der Waals surface area contributed by atoms with Crippen molar-refractivity contribution in [3.63, 3.8) is 0 Å². The molecule has 24 atom stereocenters. The van der Waals surface area contributed by atoms with Gasteiger partial charge >= 0.3 is 0 Å². The molecule has 12 aliphatic carbocycles. The average molecular weight is 1200 g/mol. The van der Waals surface area contributed by atoms with Crippen LogP contribution in [0.5, 0.6) is 0 Å². The van der Waals surface area contributed by atoms with Crippen molar-refractivity contribution < 1.29 is 34.8 Å². The fraction of sp³-hybridized carbons (Fsp3) is 0.959. The summed E-state index contributed by atoms with van der Waals surface area (Å²) in [5, 5.41) is 42.0. The van der Waals surface area contributed by atoms with Crippen molar-refractivity contribution in [1.29, 1.82) is 0 Å². The predicted octanol–water partition coefficient (Wildman–Crippen LogP) is 18.0. The van der Waals surface area contributed by atoms with Crippen LogP contribution in [0.4, 0.5) is 0 Å². The largest absolute Gasteiger partial charge is 0.390 e. The molecule has 0 amide bonds. The first-order chi connectivity index (χ1) is 36.3. The van der Waals surface area contributed by atoms with Gasteiger partial charge in [-0.15, -0.1) is 0 Å². The molecule has 0 spiro atoms. The molecule has 12 fully saturated rings. The van der Waals surface area contributed by atoms with Gasteiger partial charge in [0.2, 0.25) is 0 Å². The highest BCUT2D eigenvalue weighted by atomic mass is 79.9. The Morgan fingerprint density at radius 1 is 0.395 bits per heavy atom. The maximum atomic E-state index is 12.6. The van der Waals surface area contributed by atoms with E-state index in [1.165, 1.54) is 128 Å². The number of alkyl halides is 1. The number of Topliss-reactive ketones (excluding diaryl/α,β-unsaturated/α-hetero) is 3. The lowest BCUT2D eigenvalue weighted by molar-refractivity contribution is -0.159. The number of hydrogen-bond acceptors (Lipinski definition) is 7. The number of ketones is 3. The summed E-state index contributed by atoms with van der Waals surface area (Å²) in [5.41, 5.74) is 0.639. The Bertz CT molecular complexity index is 2070. The number of hydrogen-bond donors (Lipinski definition) is 4. The number of carbonyl (C=O) groups is 3. The Hall–Kier alpha value is -0.670. The van der Waals surface area contributed by atoms with E-state index in [4.69, 9.17) is 0 Å². The van der Waals surface area contributed by atoms with E-state index in [0.717, 1.165) is 117 Å². The molecule has 0 aromatic carbocycles. The lowest BCUT2D eigenvalue weighted by atomic mass is 9.42. The van der Waals surface area contributed by atoms with Crippen molar-refractivity contribution in [2.45, 2.75) is 308 Å². The van der Waals surface area contributed by atoms with Gasteiger partial charge < -0.3 is 20.4 Å². The highest BCUT2D eigenvalue weighted by molar-refractivity contribution is 9.09. The molecule has 7 nitrogen and oxygen atoms in total. The van der Waals surface area contributed by atoms with E-state index in [9.17, 15) is 34.8 Å². The summed E-state index contributed by atoms with van der Waals surface area (Å²) in [6, 6.07) is 0. The summed E-state index contributed by atoms with van der Waals surface area (Å²) >= 11 is 3.44. The Labute approximate surface area is 507 Å². The van der Waals surface area contributed by atoms with E-state index in [1.807, 2.05) is 13.8 Å². The van der Waals surface area contributed by atoms with Crippen molar-refractivity contribution in [2.75, 3.05) is 11.9 Å². The first-order valence-corrected chi connectivity index (χ1v) is 34.3. The molecule has 0 bridgehead atoms. The van der Waals surface area contributed by atoms with Gasteiger partial charge in [0.1, 0.15) is 18.2 Å². The molecule has 0 radical (unpaired) electrons. The number of halogens is 1. The van der Waals surface area contributed by atoms with E-state index < -0.39 is 16.8 Å². The fourth-order valence-corrected chi connectivity index (χ4v) is 26.2. The van der Waals surface area contributed by atoms with Crippen molar-refractivity contribution in [2.24, 2.45) is 121 Å². The summed E-state index contributed by atoms with van der Waals surface area (Å²) in [6.07, 6.45) is 35.7. The van der Waals surface area contributed by atoms with E-state index in [1.54, 1.807) is 0 Å². The zero-order valence-corrected chi connectivity index (χ0v) is 52.3. The highest BCUT2D eigenvalue weighted by Gasteiger charge is 2.66. The highest BCUT2D eigenvalue weighted by Crippen LogP contribution is 2.72. The molecule has 0 heterocycles. The first-order valence-electron chi connectivity index (χ1n) is 33.2. The van der Waals surface area contributed by atoms with Crippen LogP contribution in [0.1, 0.15) is 292 Å². The normalized spacial score (nSPS) is 51.4. The third-order valence-corrected chi connectivity index (χ3v) is 30.0. The number of carbonyl (C=O) groups excluding carboxylic acids is 3. The van der Waals surface area contributed by atoms with Gasteiger partial charge in [0.05, 0.1) is 22.1 Å². The minimum atomic E-state index is -0.467. The van der Waals surface area contributed by atoms with Gasteiger partial charge in [-0.1, -0.05) is 87.2 Å². The molecule has 0 saturated heterocycles. The maximum absolute atomic E-state index is 12.6. The van der Waals surface area contributed by atoms with E-state index in [0.29, 0.717) is 56.8 Å². The molecule has 12 aliphatic rings. The number of rotatable bonds is 8. The van der Waals surface area contributed by atoms with Crippen molar-refractivity contribution in [3.8, 4) is 0 Å². The van der Waals surface area contributed by atoms with Crippen LogP contribution in [0, 0.1) is 121 Å². The molecule has 81 heavy (non-hydrogen) atoms. The average Bonchev–Trinajstić information content (AvgIpc) is 4.33. The van der Waals surface area contributed by atoms with E-state index >= 15 is 0 Å². The zero-order valence-electron chi connectivity index (χ0n) is 50.7. The topological polar surface area (TPSA) is 132 Å². The Kier molecular flexibility index (Phi) is 21.5. The van der Waals surface area contributed by atoms with Crippen molar-refractivity contribution >= 4 is 33.3 Å². The second kappa shape index (κ2) is 25.1. The lowest BCUT2D eigenvalue weighted by Gasteiger charge is -2.63. The smallest absolute Gasteiger partial charge is 0.161 e. The zero-order chi connectivity index (χ0) is 55.5. The molecule has 0 aromatic heterocycles. The Morgan fingerprint density at radius 2 is 0.691 bits per heavy atom. The molecular weight excluding hydrogens is 1070 g/mol. The van der Waals surface area contributed by atoms with Crippen LogP contribution in [0.3, 0.4) is 0 Å². The Morgan fingerprint density at radius 3 is 0.975 bits per heavy atom. The summed E-state index contributed by atoms with van der Waals surface area (Å²) < 4.78 is 0. The molecule has 8 heteroatoms. The lowest BCUT2D eigenvalue weighted by Crippen LogP contribution is -2.56. The fourth-order valence-electron chi connectivity index (χ4n) is 25.8. The quantitative estimate of drug-likeness (QED) is 0.178. The van der Waals surface area contributed by atoms with Gasteiger partial charge in [0, 0.05) is 17.8 Å². The molecule has 4 N–H and O–H groups in total. The van der Waals surface area contributed by atoms with Gasteiger partial charge in [0.15, 0.2) is 5.78 Å². The molecule has 12 saturated carbocycles. The molecule has 0 aliphatic heterocycles. The molecular formula is C73H129BrO7. The van der Waals surface area contributed by atoms with Crippen LogP contribution < -0.4 is 0 Å². The monoisotopic (exact) mass is 1200 g/mol. The van der Waals surface area contributed by atoms with Gasteiger partial charge in [-0.3, -0.25) is 14.4 Å². The van der Waals surface area contributed by atoms with Gasteiger partial charge in [-0.05, 0) is 324 Å². The summed E-state index contributed by atoms with van der Waals surface area (Å²) in [4.78, 5) is 37.2. The second-order valence-corrected chi connectivity index (χ2v) is 32.7. The minimum absolute atomic E-state index is 0. The molecule has 470 valence electrons. The van der Waals surface area contributed by atoms with Gasteiger partial charge in [-0.25, -0.2) is 0 Å². The summed E-state index contributed by atoms with van der Waals surface area (Å²) in [6.45, 7) is 22.2. The van der Waals surface area contributed by atoms with Crippen LogP contribution in [0.15, 0.2) is 0 Å². The van der Waals surface area contributed by atoms with Crippen LogP contribution >= 0.6 is 15.9 Å². The molecule has 12 rings (SSSR count). The van der Waals surface area contributed by atoms with Crippen molar-refractivity contribution in [1.82, 2.24) is 0 Å². The number of aliphatic hydroxyl groups is 4.